The van der Waals surface area contributed by atoms with Gasteiger partial charge >= 0.3 is 0 Å². The van der Waals surface area contributed by atoms with E-state index >= 15 is 0 Å². The molecule has 0 atom stereocenters. The molecule has 0 fully saturated rings. The van der Waals surface area contributed by atoms with E-state index in [1.54, 1.807) is 6.07 Å². The van der Waals surface area contributed by atoms with Gasteiger partial charge in [0, 0.05) is 10.6 Å². The van der Waals surface area contributed by atoms with E-state index in [9.17, 15) is 4.39 Å². The van der Waals surface area contributed by atoms with Crippen molar-refractivity contribution >= 4 is 33.0 Å². The maximum atomic E-state index is 12.9. The van der Waals surface area contributed by atoms with E-state index in [1.807, 2.05) is 19.1 Å². The summed E-state index contributed by atoms with van der Waals surface area (Å²) in [5, 5.41) is 0.810. The molecule has 68 valence electrons. The predicted octanol–water partition coefficient (Wildman–Crippen LogP) is 4.09. The van der Waals surface area contributed by atoms with Gasteiger partial charge in [-0.25, -0.2) is 0 Å². The van der Waals surface area contributed by atoms with Gasteiger partial charge in [-0.1, -0.05) is 0 Å². The summed E-state index contributed by atoms with van der Waals surface area (Å²) in [4.78, 5) is 0. The van der Waals surface area contributed by atoms with Crippen LogP contribution in [-0.2, 0) is 5.88 Å². The second-order valence-corrected chi connectivity index (χ2v) is 4.30. The molecule has 0 nitrogen and oxygen atoms in total. The van der Waals surface area contributed by atoms with Crippen molar-refractivity contribution in [2.75, 3.05) is 0 Å². The summed E-state index contributed by atoms with van der Waals surface area (Å²) < 4.78 is 13.9. The Kier molecular flexibility index (Phi) is 2.26. The third kappa shape index (κ3) is 1.56. The van der Waals surface area contributed by atoms with Crippen molar-refractivity contribution in [3.8, 4) is 0 Å². The summed E-state index contributed by atoms with van der Waals surface area (Å²) in [6, 6.07) is 5.49. The van der Waals surface area contributed by atoms with E-state index in [2.05, 4.69) is 0 Å². The minimum absolute atomic E-state index is 0.138. The number of hydrogen-bond acceptors (Lipinski definition) is 1. The highest BCUT2D eigenvalue weighted by molar-refractivity contribution is 7.17. The fourth-order valence-corrected chi connectivity index (χ4v) is 2.50. The van der Waals surface area contributed by atoms with Crippen molar-refractivity contribution < 1.29 is 4.39 Å². The van der Waals surface area contributed by atoms with Gasteiger partial charge in [-0.2, -0.15) is 4.39 Å². The van der Waals surface area contributed by atoms with Gasteiger partial charge in [0.1, 0.15) is 0 Å². The third-order valence-electron chi connectivity index (χ3n) is 2.09. The second kappa shape index (κ2) is 3.28. The van der Waals surface area contributed by atoms with Crippen LogP contribution in [0.5, 0.6) is 0 Å². The highest BCUT2D eigenvalue weighted by Crippen LogP contribution is 2.27. The molecule has 0 radical (unpaired) electrons. The van der Waals surface area contributed by atoms with Crippen LogP contribution in [0.3, 0.4) is 0 Å². The lowest BCUT2D eigenvalue weighted by Crippen LogP contribution is -1.82. The molecule has 0 aliphatic heterocycles. The van der Waals surface area contributed by atoms with Crippen molar-refractivity contribution in [1.29, 1.82) is 0 Å². The normalized spacial score (nSPS) is 11.0. The molecule has 0 unspecified atom stereocenters. The molecule has 0 bridgehead atoms. The van der Waals surface area contributed by atoms with Crippen LogP contribution in [0.2, 0.25) is 0 Å². The van der Waals surface area contributed by atoms with Gasteiger partial charge in [-0.3, -0.25) is 0 Å². The summed E-state index contributed by atoms with van der Waals surface area (Å²) in [5.41, 5.74) is 2.20. The van der Waals surface area contributed by atoms with Crippen LogP contribution in [0.1, 0.15) is 11.1 Å². The molecule has 2 aromatic rings. The Balaban J connectivity index is 2.72. The molecule has 0 amide bonds. The Morgan fingerprint density at radius 2 is 2.15 bits per heavy atom. The summed E-state index contributed by atoms with van der Waals surface area (Å²) >= 11 is 6.92. The van der Waals surface area contributed by atoms with Gasteiger partial charge in [0.2, 0.25) is 0 Å². The minimum atomic E-state index is -0.138. The Hall–Kier alpha value is -0.600. The largest absolute Gasteiger partial charge is 0.195 e. The highest BCUT2D eigenvalue weighted by atomic mass is 35.5. The van der Waals surface area contributed by atoms with Crippen molar-refractivity contribution in [3.63, 3.8) is 0 Å². The first-order valence-electron chi connectivity index (χ1n) is 3.95. The molecule has 0 aliphatic carbocycles. The number of rotatable bonds is 1. The molecule has 0 saturated heterocycles. The van der Waals surface area contributed by atoms with Gasteiger partial charge < -0.3 is 0 Å². The van der Waals surface area contributed by atoms with Gasteiger partial charge in [0.05, 0.1) is 0 Å². The fraction of sp³-hybridized carbons (Fsp3) is 0.200. The van der Waals surface area contributed by atoms with Crippen molar-refractivity contribution in [2.24, 2.45) is 0 Å². The Morgan fingerprint density at radius 1 is 1.38 bits per heavy atom. The number of hydrogen-bond donors (Lipinski definition) is 0. The van der Waals surface area contributed by atoms with E-state index in [-0.39, 0.29) is 5.13 Å². The number of halogens is 2. The summed E-state index contributed by atoms with van der Waals surface area (Å²) in [6.07, 6.45) is 0. The van der Waals surface area contributed by atoms with Crippen molar-refractivity contribution in [1.82, 2.24) is 0 Å². The molecule has 2 rings (SSSR count). The van der Waals surface area contributed by atoms with Gasteiger partial charge in [0.15, 0.2) is 5.13 Å². The van der Waals surface area contributed by atoms with Crippen LogP contribution in [0.15, 0.2) is 18.2 Å². The molecule has 1 heterocycles. The number of benzene rings is 1. The fourth-order valence-electron chi connectivity index (χ4n) is 1.35. The third-order valence-corrected chi connectivity index (χ3v) is 3.26. The zero-order valence-electron chi connectivity index (χ0n) is 7.10. The molecule has 0 aliphatic rings. The van der Waals surface area contributed by atoms with Crippen LogP contribution < -0.4 is 0 Å². The van der Waals surface area contributed by atoms with Gasteiger partial charge in [-0.05, 0) is 41.6 Å². The molecule has 0 spiro atoms. The van der Waals surface area contributed by atoms with Crippen LogP contribution in [0.4, 0.5) is 4.39 Å². The second-order valence-electron chi connectivity index (χ2n) is 3.00. The molecule has 0 N–H and O–H groups in total. The van der Waals surface area contributed by atoms with E-state index in [1.165, 1.54) is 11.3 Å². The average Bonchev–Trinajstić information content (AvgIpc) is 2.42. The molecular formula is C10H8ClFS. The Morgan fingerprint density at radius 3 is 2.85 bits per heavy atom. The van der Waals surface area contributed by atoms with Crippen LogP contribution >= 0.6 is 22.9 Å². The summed E-state index contributed by atoms with van der Waals surface area (Å²) in [7, 11) is 0. The quantitative estimate of drug-likeness (QED) is 0.628. The smallest absolute Gasteiger partial charge is 0.177 e. The Labute approximate surface area is 85.0 Å². The number of thiophene rings is 1. The first-order valence-corrected chi connectivity index (χ1v) is 5.30. The lowest BCUT2D eigenvalue weighted by atomic mass is 10.1. The van der Waals surface area contributed by atoms with E-state index < -0.39 is 0 Å². The Bertz CT molecular complexity index is 447. The van der Waals surface area contributed by atoms with Gasteiger partial charge in [-0.15, -0.1) is 22.9 Å². The topological polar surface area (TPSA) is 0 Å². The predicted molar refractivity (Wildman–Crippen MR) is 56.1 cm³/mol. The van der Waals surface area contributed by atoms with E-state index in [4.69, 9.17) is 11.6 Å². The molecule has 13 heavy (non-hydrogen) atoms. The van der Waals surface area contributed by atoms with Gasteiger partial charge in [0.25, 0.3) is 0 Å². The van der Waals surface area contributed by atoms with E-state index in [0.717, 1.165) is 21.2 Å². The maximum Gasteiger partial charge on any atom is 0.177 e. The standard InChI is InChI=1S/C10H8ClFS/c1-6-2-9-7(3-8(6)5-11)4-10(12)13-9/h2-4H,5H2,1H3. The first-order chi connectivity index (χ1) is 6.20. The lowest BCUT2D eigenvalue weighted by Gasteiger charge is -2.00. The zero-order chi connectivity index (χ0) is 9.42. The summed E-state index contributed by atoms with van der Waals surface area (Å²) in [5.74, 6) is 0.485. The summed E-state index contributed by atoms with van der Waals surface area (Å²) in [6.45, 7) is 1.99. The molecule has 3 heteroatoms. The van der Waals surface area contributed by atoms with Crippen LogP contribution in [-0.4, -0.2) is 0 Å². The zero-order valence-corrected chi connectivity index (χ0v) is 8.68. The van der Waals surface area contributed by atoms with Crippen molar-refractivity contribution in [2.45, 2.75) is 12.8 Å². The van der Waals surface area contributed by atoms with Crippen molar-refractivity contribution in [3.05, 3.63) is 34.5 Å². The number of fused-ring (bicyclic) bond motifs is 1. The number of alkyl halides is 1. The number of aryl methyl sites for hydroxylation is 1. The molecule has 0 saturated carbocycles. The average molecular weight is 215 g/mol. The van der Waals surface area contributed by atoms with Crippen LogP contribution in [0.25, 0.3) is 10.1 Å². The van der Waals surface area contributed by atoms with Crippen LogP contribution in [0, 0.1) is 12.1 Å². The maximum absolute atomic E-state index is 12.9. The molecular weight excluding hydrogens is 207 g/mol. The minimum Gasteiger partial charge on any atom is -0.195 e. The molecule has 1 aromatic heterocycles. The highest BCUT2D eigenvalue weighted by Gasteiger charge is 2.04. The van der Waals surface area contributed by atoms with E-state index in [0.29, 0.717) is 5.88 Å². The SMILES string of the molecule is Cc1cc2sc(F)cc2cc1CCl. The molecule has 1 aromatic carbocycles. The monoisotopic (exact) mass is 214 g/mol. The lowest BCUT2D eigenvalue weighted by molar-refractivity contribution is 0.658. The first kappa shape index (κ1) is 8.97.